The molecule has 0 aliphatic carbocycles. The second kappa shape index (κ2) is 6.24. The largest absolute Gasteiger partial charge is 0.355 e. The predicted molar refractivity (Wildman–Crippen MR) is 79.0 cm³/mol. The molecule has 0 aromatic heterocycles. The maximum Gasteiger partial charge on any atom is 0.252 e. The van der Waals surface area contributed by atoms with Crippen molar-refractivity contribution in [2.24, 2.45) is 11.8 Å². The van der Waals surface area contributed by atoms with Gasteiger partial charge in [0.2, 0.25) is 5.91 Å². The summed E-state index contributed by atoms with van der Waals surface area (Å²) in [4.78, 5) is 23.8. The third-order valence-corrected chi connectivity index (χ3v) is 3.89. The van der Waals surface area contributed by atoms with Crippen LogP contribution < -0.4 is 16.0 Å². The summed E-state index contributed by atoms with van der Waals surface area (Å²) in [6.45, 7) is 3.58. The van der Waals surface area contributed by atoms with Gasteiger partial charge in [0.05, 0.1) is 16.5 Å². The average molecular weight is 296 g/mol. The summed E-state index contributed by atoms with van der Waals surface area (Å²) in [5, 5.41) is 8.91. The lowest BCUT2D eigenvalue weighted by atomic mass is 9.97. The maximum atomic E-state index is 12.2. The topological polar surface area (TPSA) is 70.2 Å². The summed E-state index contributed by atoms with van der Waals surface area (Å²) in [5.74, 6) is -0.0514. The molecule has 20 heavy (non-hydrogen) atoms. The molecule has 108 valence electrons. The number of rotatable bonds is 3. The van der Waals surface area contributed by atoms with E-state index in [-0.39, 0.29) is 17.7 Å². The van der Waals surface area contributed by atoms with Crippen molar-refractivity contribution >= 4 is 29.1 Å². The van der Waals surface area contributed by atoms with Gasteiger partial charge < -0.3 is 16.0 Å². The zero-order valence-electron chi connectivity index (χ0n) is 11.5. The van der Waals surface area contributed by atoms with Gasteiger partial charge in [-0.3, -0.25) is 9.59 Å². The first-order chi connectivity index (χ1) is 9.52. The summed E-state index contributed by atoms with van der Waals surface area (Å²) in [6, 6.07) is 4.89. The molecule has 1 aromatic carbocycles. The monoisotopic (exact) mass is 295 g/mol. The number of hydrogen-bond acceptors (Lipinski definition) is 3. The van der Waals surface area contributed by atoms with E-state index >= 15 is 0 Å². The normalized spacial score (nSPS) is 21.6. The van der Waals surface area contributed by atoms with Crippen molar-refractivity contribution in [1.82, 2.24) is 10.6 Å². The molecule has 0 bridgehead atoms. The molecule has 2 amide bonds. The average Bonchev–Trinajstić information content (AvgIpc) is 2.86. The first-order valence-corrected chi connectivity index (χ1v) is 6.94. The van der Waals surface area contributed by atoms with Crippen molar-refractivity contribution in [3.8, 4) is 0 Å². The Labute approximate surface area is 123 Å². The van der Waals surface area contributed by atoms with Gasteiger partial charge in [-0.1, -0.05) is 18.5 Å². The number of amides is 2. The fourth-order valence-corrected chi connectivity index (χ4v) is 2.51. The number of anilines is 1. The van der Waals surface area contributed by atoms with Crippen molar-refractivity contribution in [2.75, 3.05) is 25.5 Å². The highest BCUT2D eigenvalue weighted by atomic mass is 35.5. The minimum atomic E-state index is -0.276. The first kappa shape index (κ1) is 14.8. The van der Waals surface area contributed by atoms with Crippen LogP contribution >= 0.6 is 11.6 Å². The van der Waals surface area contributed by atoms with Crippen LogP contribution in [0.25, 0.3) is 0 Å². The highest BCUT2D eigenvalue weighted by Gasteiger charge is 2.29. The third kappa shape index (κ3) is 3.11. The second-order valence-electron chi connectivity index (χ2n) is 5.01. The Morgan fingerprint density at radius 1 is 1.35 bits per heavy atom. The summed E-state index contributed by atoms with van der Waals surface area (Å²) >= 11 is 5.97. The molecular formula is C14H18ClN3O2. The van der Waals surface area contributed by atoms with Crippen molar-refractivity contribution in [3.63, 3.8) is 0 Å². The molecule has 0 radical (unpaired) electrons. The van der Waals surface area contributed by atoms with Crippen molar-refractivity contribution in [2.45, 2.75) is 6.92 Å². The van der Waals surface area contributed by atoms with Gasteiger partial charge in [0.1, 0.15) is 0 Å². The third-order valence-electron chi connectivity index (χ3n) is 3.56. The summed E-state index contributed by atoms with van der Waals surface area (Å²) in [6.07, 6.45) is 0. The van der Waals surface area contributed by atoms with E-state index < -0.39 is 0 Å². The van der Waals surface area contributed by atoms with Crippen LogP contribution in [0, 0.1) is 11.8 Å². The lowest BCUT2D eigenvalue weighted by Gasteiger charge is -2.15. The van der Waals surface area contributed by atoms with E-state index in [4.69, 9.17) is 11.6 Å². The van der Waals surface area contributed by atoms with Gasteiger partial charge in [0, 0.05) is 19.3 Å². The zero-order valence-corrected chi connectivity index (χ0v) is 12.3. The van der Waals surface area contributed by atoms with Crippen LogP contribution in [0.5, 0.6) is 0 Å². The predicted octanol–water partition coefficient (Wildman–Crippen LogP) is 1.49. The molecule has 5 nitrogen and oxygen atoms in total. The quantitative estimate of drug-likeness (QED) is 0.791. The highest BCUT2D eigenvalue weighted by Crippen LogP contribution is 2.23. The molecule has 6 heteroatoms. The molecule has 1 saturated heterocycles. The number of hydrogen-bond donors (Lipinski definition) is 3. The SMILES string of the molecule is CNC(=O)c1cc(NC(=O)[C@@H]2CNC[C@H]2C)ccc1Cl. The van der Waals surface area contributed by atoms with E-state index in [1.54, 1.807) is 18.2 Å². The van der Waals surface area contributed by atoms with Gasteiger partial charge in [-0.15, -0.1) is 0 Å². The molecule has 1 aliphatic rings. The van der Waals surface area contributed by atoms with E-state index in [1.165, 1.54) is 7.05 Å². The van der Waals surface area contributed by atoms with Crippen LogP contribution in [0.15, 0.2) is 18.2 Å². The molecule has 1 aliphatic heterocycles. The van der Waals surface area contributed by atoms with Gasteiger partial charge in [0.25, 0.3) is 5.91 Å². The van der Waals surface area contributed by atoms with E-state index in [1.807, 2.05) is 6.92 Å². The van der Waals surface area contributed by atoms with Crippen LogP contribution in [0.2, 0.25) is 5.02 Å². The molecular weight excluding hydrogens is 278 g/mol. The molecule has 0 unspecified atom stereocenters. The zero-order chi connectivity index (χ0) is 14.7. The van der Waals surface area contributed by atoms with E-state index in [9.17, 15) is 9.59 Å². The van der Waals surface area contributed by atoms with Gasteiger partial charge in [-0.2, -0.15) is 0 Å². The smallest absolute Gasteiger partial charge is 0.252 e. The second-order valence-corrected chi connectivity index (χ2v) is 5.41. The lowest BCUT2D eigenvalue weighted by Crippen LogP contribution is -2.28. The van der Waals surface area contributed by atoms with Gasteiger partial charge >= 0.3 is 0 Å². The number of nitrogens with one attached hydrogen (secondary N) is 3. The molecule has 2 atom stereocenters. The van der Waals surface area contributed by atoms with Crippen LogP contribution in [-0.4, -0.2) is 32.0 Å². The molecule has 3 N–H and O–H groups in total. The van der Waals surface area contributed by atoms with Crippen molar-refractivity contribution in [3.05, 3.63) is 28.8 Å². The Hall–Kier alpha value is -1.59. The van der Waals surface area contributed by atoms with Gasteiger partial charge in [-0.25, -0.2) is 0 Å². The summed E-state index contributed by atoms with van der Waals surface area (Å²) in [5.41, 5.74) is 0.932. The number of carbonyl (C=O) groups is 2. The van der Waals surface area contributed by atoms with E-state index in [2.05, 4.69) is 16.0 Å². The summed E-state index contributed by atoms with van der Waals surface area (Å²) < 4.78 is 0. The Balaban J connectivity index is 2.13. The minimum Gasteiger partial charge on any atom is -0.355 e. The maximum absolute atomic E-state index is 12.2. The Bertz CT molecular complexity index is 533. The molecule has 1 fully saturated rings. The standard InChI is InChI=1S/C14H18ClN3O2/c1-8-6-17-7-11(8)14(20)18-9-3-4-12(15)10(5-9)13(19)16-2/h3-5,8,11,17H,6-7H2,1-2H3,(H,16,19)(H,18,20)/t8-,11-/m1/s1. The van der Waals surface area contributed by atoms with Crippen LogP contribution in [0.1, 0.15) is 17.3 Å². The van der Waals surface area contributed by atoms with Crippen molar-refractivity contribution < 1.29 is 9.59 Å². The summed E-state index contributed by atoms with van der Waals surface area (Å²) in [7, 11) is 1.54. The highest BCUT2D eigenvalue weighted by molar-refractivity contribution is 6.34. The van der Waals surface area contributed by atoms with Gasteiger partial charge in [-0.05, 0) is 30.7 Å². The Morgan fingerprint density at radius 3 is 2.70 bits per heavy atom. The Morgan fingerprint density at radius 2 is 2.10 bits per heavy atom. The molecule has 1 heterocycles. The van der Waals surface area contributed by atoms with Crippen molar-refractivity contribution in [1.29, 1.82) is 0 Å². The fraction of sp³-hybridized carbons (Fsp3) is 0.429. The van der Waals surface area contributed by atoms with Crippen LogP contribution in [0.3, 0.4) is 0 Å². The number of carbonyl (C=O) groups excluding carboxylic acids is 2. The lowest BCUT2D eigenvalue weighted by molar-refractivity contribution is -0.120. The molecule has 2 rings (SSSR count). The molecule has 0 spiro atoms. The fourth-order valence-electron chi connectivity index (χ4n) is 2.31. The van der Waals surface area contributed by atoms with Crippen LogP contribution in [-0.2, 0) is 4.79 Å². The molecule has 0 saturated carbocycles. The van der Waals surface area contributed by atoms with Crippen LogP contribution in [0.4, 0.5) is 5.69 Å². The number of halogens is 1. The Kier molecular flexibility index (Phi) is 4.62. The minimum absolute atomic E-state index is 0.0346. The van der Waals surface area contributed by atoms with E-state index in [0.717, 1.165) is 6.54 Å². The van der Waals surface area contributed by atoms with Gasteiger partial charge in [0.15, 0.2) is 0 Å². The molecule has 1 aromatic rings. The van der Waals surface area contributed by atoms with E-state index in [0.29, 0.717) is 28.7 Å². The number of benzene rings is 1. The first-order valence-electron chi connectivity index (χ1n) is 6.56.